The minimum Gasteiger partial charge on any atom is -0.337 e. The molecule has 4 aromatic rings. The number of imidazole rings is 1. The molecule has 0 aliphatic rings. The summed E-state index contributed by atoms with van der Waals surface area (Å²) in [5.41, 5.74) is 4.42. The molecule has 3 heterocycles. The van der Waals surface area contributed by atoms with Crippen LogP contribution in [0.3, 0.4) is 0 Å². The molecule has 0 aliphatic carbocycles. The Bertz CT molecular complexity index is 991. The molecule has 0 saturated carbocycles. The number of rotatable bonds is 4. The topological polar surface area (TPSA) is 59.3 Å². The molecule has 0 fully saturated rings. The summed E-state index contributed by atoms with van der Waals surface area (Å²) < 4.78 is 1.98. The molecule has 0 spiro atoms. The molecule has 5 nitrogen and oxygen atoms in total. The molecule has 0 amide bonds. The first-order valence-electron chi connectivity index (χ1n) is 7.54. The fourth-order valence-electron chi connectivity index (χ4n) is 2.60. The molecule has 0 radical (unpaired) electrons. The molecular formula is C19H14N4O. The average molecular weight is 314 g/mol. The second-order valence-corrected chi connectivity index (χ2v) is 5.39. The van der Waals surface area contributed by atoms with Crippen LogP contribution in [-0.2, 0) is 0 Å². The van der Waals surface area contributed by atoms with Crippen LogP contribution in [0.2, 0.25) is 0 Å². The van der Waals surface area contributed by atoms with Gasteiger partial charge in [-0.3, -0.25) is 4.79 Å². The predicted molar refractivity (Wildman–Crippen MR) is 93.5 cm³/mol. The summed E-state index contributed by atoms with van der Waals surface area (Å²) in [6.07, 6.45) is 8.04. The van der Waals surface area contributed by atoms with E-state index < -0.39 is 0 Å². The zero-order chi connectivity index (χ0) is 16.4. The van der Waals surface area contributed by atoms with E-state index in [2.05, 4.69) is 27.4 Å². The van der Waals surface area contributed by atoms with Crippen molar-refractivity contribution in [2.45, 2.75) is 0 Å². The number of anilines is 2. The van der Waals surface area contributed by atoms with Gasteiger partial charge in [0.25, 0.3) is 0 Å². The third-order valence-electron chi connectivity index (χ3n) is 3.78. The van der Waals surface area contributed by atoms with Gasteiger partial charge in [-0.05, 0) is 23.8 Å². The fourth-order valence-corrected chi connectivity index (χ4v) is 2.60. The van der Waals surface area contributed by atoms with Gasteiger partial charge in [-0.1, -0.05) is 30.3 Å². The molecule has 1 N–H and O–H groups in total. The Morgan fingerprint density at radius 2 is 1.88 bits per heavy atom. The number of fused-ring (bicyclic) bond motifs is 1. The SMILES string of the molecule is O=Cc1ccc(Nc2cc(-c3ccccc3)cn3ccnc23)nc1. The van der Waals surface area contributed by atoms with Gasteiger partial charge in [-0.25, -0.2) is 9.97 Å². The molecule has 116 valence electrons. The van der Waals surface area contributed by atoms with Crippen molar-refractivity contribution in [2.24, 2.45) is 0 Å². The van der Waals surface area contributed by atoms with Crippen LogP contribution in [0.25, 0.3) is 16.8 Å². The van der Waals surface area contributed by atoms with Crippen LogP contribution < -0.4 is 5.32 Å². The van der Waals surface area contributed by atoms with Gasteiger partial charge in [0, 0.05) is 35.9 Å². The van der Waals surface area contributed by atoms with Gasteiger partial charge < -0.3 is 9.72 Å². The zero-order valence-electron chi connectivity index (χ0n) is 12.8. The Morgan fingerprint density at radius 1 is 1.00 bits per heavy atom. The monoisotopic (exact) mass is 314 g/mol. The molecular weight excluding hydrogens is 300 g/mol. The zero-order valence-corrected chi connectivity index (χ0v) is 12.8. The van der Waals surface area contributed by atoms with E-state index >= 15 is 0 Å². The summed E-state index contributed by atoms with van der Waals surface area (Å²) in [7, 11) is 0. The van der Waals surface area contributed by atoms with E-state index in [9.17, 15) is 4.79 Å². The first-order valence-corrected chi connectivity index (χ1v) is 7.54. The molecule has 3 aromatic heterocycles. The average Bonchev–Trinajstić information content (AvgIpc) is 3.12. The molecule has 0 saturated heterocycles. The second-order valence-electron chi connectivity index (χ2n) is 5.39. The van der Waals surface area contributed by atoms with Gasteiger partial charge in [-0.15, -0.1) is 0 Å². The molecule has 0 bridgehead atoms. The van der Waals surface area contributed by atoms with Crippen LogP contribution in [-0.4, -0.2) is 20.7 Å². The van der Waals surface area contributed by atoms with Gasteiger partial charge in [0.1, 0.15) is 5.82 Å². The van der Waals surface area contributed by atoms with Crippen molar-refractivity contribution in [1.82, 2.24) is 14.4 Å². The highest BCUT2D eigenvalue weighted by molar-refractivity contribution is 5.80. The Kier molecular flexibility index (Phi) is 3.51. The lowest BCUT2D eigenvalue weighted by atomic mass is 10.1. The molecule has 5 heteroatoms. The summed E-state index contributed by atoms with van der Waals surface area (Å²) in [6, 6.07) is 15.7. The van der Waals surface area contributed by atoms with E-state index in [0.29, 0.717) is 11.4 Å². The Balaban J connectivity index is 1.78. The number of nitrogens with one attached hydrogen (secondary N) is 1. The number of aldehydes is 1. The van der Waals surface area contributed by atoms with Crippen LogP contribution in [0.4, 0.5) is 11.5 Å². The molecule has 4 rings (SSSR count). The van der Waals surface area contributed by atoms with E-state index in [0.717, 1.165) is 28.7 Å². The number of nitrogens with zero attached hydrogens (tertiary/aromatic N) is 3. The predicted octanol–water partition coefficient (Wildman–Crippen LogP) is 3.95. The lowest BCUT2D eigenvalue weighted by molar-refractivity contribution is 0.112. The number of carbonyl (C=O) groups excluding carboxylic acids is 1. The molecule has 24 heavy (non-hydrogen) atoms. The lowest BCUT2D eigenvalue weighted by Gasteiger charge is -2.10. The number of benzene rings is 1. The second kappa shape index (κ2) is 5.96. The van der Waals surface area contributed by atoms with E-state index in [1.807, 2.05) is 41.1 Å². The van der Waals surface area contributed by atoms with Crippen LogP contribution in [0, 0.1) is 0 Å². The first kappa shape index (κ1) is 14.1. The number of pyridine rings is 2. The standard InChI is InChI=1S/C19H14N4O/c24-13-14-6-7-18(21-11-14)22-17-10-16(15-4-2-1-3-5-15)12-23-9-8-20-19(17)23/h1-13H,(H,21,22). The third kappa shape index (κ3) is 2.63. The summed E-state index contributed by atoms with van der Waals surface area (Å²) in [4.78, 5) is 19.4. The van der Waals surface area contributed by atoms with Crippen LogP contribution in [0.1, 0.15) is 10.4 Å². The third-order valence-corrected chi connectivity index (χ3v) is 3.78. The molecule has 0 unspecified atom stereocenters. The molecule has 0 atom stereocenters. The minimum absolute atomic E-state index is 0.546. The van der Waals surface area contributed by atoms with E-state index in [1.54, 1.807) is 24.5 Å². The maximum absolute atomic E-state index is 10.7. The van der Waals surface area contributed by atoms with E-state index in [4.69, 9.17) is 0 Å². The Hall–Kier alpha value is -3.47. The number of carbonyl (C=O) groups is 1. The Labute approximate surface area is 138 Å². The molecule has 1 aromatic carbocycles. The van der Waals surface area contributed by atoms with Crippen molar-refractivity contribution in [3.8, 4) is 11.1 Å². The lowest BCUT2D eigenvalue weighted by Crippen LogP contribution is -1.98. The number of aromatic nitrogens is 3. The van der Waals surface area contributed by atoms with Gasteiger partial charge in [0.05, 0.1) is 5.69 Å². The highest BCUT2D eigenvalue weighted by atomic mass is 16.1. The first-order chi connectivity index (χ1) is 11.8. The van der Waals surface area contributed by atoms with E-state index in [-0.39, 0.29) is 0 Å². The minimum atomic E-state index is 0.546. The van der Waals surface area contributed by atoms with Crippen molar-refractivity contribution in [1.29, 1.82) is 0 Å². The fraction of sp³-hybridized carbons (Fsp3) is 0. The molecule has 0 aliphatic heterocycles. The summed E-state index contributed by atoms with van der Waals surface area (Å²) in [5.74, 6) is 0.663. The normalized spacial score (nSPS) is 10.7. The van der Waals surface area contributed by atoms with Crippen LogP contribution in [0.5, 0.6) is 0 Å². The van der Waals surface area contributed by atoms with Crippen molar-refractivity contribution in [3.05, 3.63) is 78.9 Å². The van der Waals surface area contributed by atoms with Gasteiger partial charge in [-0.2, -0.15) is 0 Å². The van der Waals surface area contributed by atoms with E-state index in [1.165, 1.54) is 0 Å². The maximum atomic E-state index is 10.7. The Morgan fingerprint density at radius 3 is 2.62 bits per heavy atom. The van der Waals surface area contributed by atoms with Crippen LogP contribution >= 0.6 is 0 Å². The number of hydrogen-bond acceptors (Lipinski definition) is 4. The summed E-state index contributed by atoms with van der Waals surface area (Å²) in [5, 5.41) is 3.28. The summed E-state index contributed by atoms with van der Waals surface area (Å²) >= 11 is 0. The summed E-state index contributed by atoms with van der Waals surface area (Å²) in [6.45, 7) is 0. The quantitative estimate of drug-likeness (QED) is 0.579. The van der Waals surface area contributed by atoms with Gasteiger partial charge in [0.2, 0.25) is 0 Å². The van der Waals surface area contributed by atoms with Crippen molar-refractivity contribution in [3.63, 3.8) is 0 Å². The van der Waals surface area contributed by atoms with Gasteiger partial charge >= 0.3 is 0 Å². The van der Waals surface area contributed by atoms with Crippen LogP contribution in [0.15, 0.2) is 73.3 Å². The highest BCUT2D eigenvalue weighted by Crippen LogP contribution is 2.27. The number of hydrogen-bond donors (Lipinski definition) is 1. The smallest absolute Gasteiger partial charge is 0.160 e. The highest BCUT2D eigenvalue weighted by Gasteiger charge is 2.08. The van der Waals surface area contributed by atoms with Crippen molar-refractivity contribution < 1.29 is 4.79 Å². The largest absolute Gasteiger partial charge is 0.337 e. The van der Waals surface area contributed by atoms with Crippen molar-refractivity contribution in [2.75, 3.05) is 5.32 Å². The van der Waals surface area contributed by atoms with Crippen molar-refractivity contribution >= 4 is 23.4 Å². The van der Waals surface area contributed by atoms with Gasteiger partial charge in [0.15, 0.2) is 11.9 Å². The maximum Gasteiger partial charge on any atom is 0.160 e.